The number of nitrogens with one attached hydrogen (secondary N) is 2. The van der Waals surface area contributed by atoms with Gasteiger partial charge in [-0.2, -0.15) is 0 Å². The number of hydrogen-bond donors (Lipinski definition) is 2. The van der Waals surface area contributed by atoms with Crippen molar-refractivity contribution in [2.45, 2.75) is 25.7 Å². The van der Waals surface area contributed by atoms with Crippen molar-refractivity contribution < 1.29 is 14.3 Å². The molecule has 1 aromatic carbocycles. The van der Waals surface area contributed by atoms with Gasteiger partial charge in [-0.05, 0) is 44.4 Å². The average molecular weight is 368 g/mol. The minimum absolute atomic E-state index is 0. The van der Waals surface area contributed by atoms with Crippen molar-refractivity contribution in [2.75, 3.05) is 38.1 Å². The van der Waals surface area contributed by atoms with Crippen molar-refractivity contribution >= 4 is 29.9 Å². The van der Waals surface area contributed by atoms with Crippen LogP contribution in [0.3, 0.4) is 0 Å². The summed E-state index contributed by atoms with van der Waals surface area (Å²) in [7, 11) is 0. The summed E-state index contributed by atoms with van der Waals surface area (Å²) in [6, 6.07) is 7.23. The zero-order valence-corrected chi connectivity index (χ0v) is 15.1. The number of hydrogen-bond acceptors (Lipinski definition) is 4. The lowest BCUT2D eigenvalue weighted by Gasteiger charge is -2.22. The summed E-state index contributed by atoms with van der Waals surface area (Å²) < 4.78 is 5.59. The number of halogens is 1. The molecule has 2 heterocycles. The maximum Gasteiger partial charge on any atom is 0.260 e. The summed E-state index contributed by atoms with van der Waals surface area (Å²) in [5.41, 5.74) is 0.705. The first-order valence-corrected chi connectivity index (χ1v) is 8.74. The SMILES string of the molecule is Cl.O=C(Nc1cccc(OCC(=O)N2CCCC2)c1)C1CCCNC1. The predicted molar refractivity (Wildman–Crippen MR) is 99.2 cm³/mol. The first-order chi connectivity index (χ1) is 11.7. The van der Waals surface area contributed by atoms with Gasteiger partial charge in [0.2, 0.25) is 5.91 Å². The van der Waals surface area contributed by atoms with Gasteiger partial charge >= 0.3 is 0 Å². The van der Waals surface area contributed by atoms with Crippen LogP contribution in [-0.4, -0.2) is 49.5 Å². The second-order valence-corrected chi connectivity index (χ2v) is 6.44. The van der Waals surface area contributed by atoms with E-state index in [-0.39, 0.29) is 36.7 Å². The highest BCUT2D eigenvalue weighted by molar-refractivity contribution is 5.93. The quantitative estimate of drug-likeness (QED) is 0.835. The summed E-state index contributed by atoms with van der Waals surface area (Å²) >= 11 is 0. The molecule has 7 heteroatoms. The Labute approximate surface area is 154 Å². The number of ether oxygens (including phenoxy) is 1. The van der Waals surface area contributed by atoms with Crippen LogP contribution in [0.1, 0.15) is 25.7 Å². The Morgan fingerprint density at radius 3 is 2.76 bits per heavy atom. The van der Waals surface area contributed by atoms with Gasteiger partial charge in [0.25, 0.3) is 5.91 Å². The zero-order valence-electron chi connectivity index (χ0n) is 14.3. The van der Waals surface area contributed by atoms with Crippen LogP contribution in [-0.2, 0) is 9.59 Å². The summed E-state index contributed by atoms with van der Waals surface area (Å²) in [6.07, 6.45) is 4.09. The number of carbonyl (C=O) groups excluding carboxylic acids is 2. The zero-order chi connectivity index (χ0) is 16.8. The van der Waals surface area contributed by atoms with E-state index in [1.165, 1.54) is 0 Å². The Kier molecular flexibility index (Phi) is 7.52. The molecule has 0 bridgehead atoms. The second kappa shape index (κ2) is 9.63. The van der Waals surface area contributed by atoms with E-state index in [1.54, 1.807) is 12.1 Å². The number of rotatable bonds is 5. The fraction of sp³-hybridized carbons (Fsp3) is 0.556. The lowest BCUT2D eigenvalue weighted by atomic mass is 9.99. The maximum absolute atomic E-state index is 12.3. The highest BCUT2D eigenvalue weighted by Crippen LogP contribution is 2.20. The topological polar surface area (TPSA) is 70.7 Å². The van der Waals surface area contributed by atoms with Gasteiger partial charge in [-0.1, -0.05) is 6.07 Å². The van der Waals surface area contributed by atoms with Crippen LogP contribution >= 0.6 is 12.4 Å². The number of amides is 2. The largest absolute Gasteiger partial charge is 0.484 e. The molecule has 2 aliphatic heterocycles. The van der Waals surface area contributed by atoms with E-state index < -0.39 is 0 Å². The van der Waals surface area contributed by atoms with Gasteiger partial charge in [0, 0.05) is 31.4 Å². The highest BCUT2D eigenvalue weighted by atomic mass is 35.5. The Hall–Kier alpha value is -1.79. The number of anilines is 1. The van der Waals surface area contributed by atoms with E-state index in [2.05, 4.69) is 10.6 Å². The maximum atomic E-state index is 12.3. The minimum atomic E-state index is 0. The molecule has 2 N–H and O–H groups in total. The molecule has 6 nitrogen and oxygen atoms in total. The standard InChI is InChI=1S/C18H25N3O3.ClH/c22-17(21-9-1-2-10-21)13-24-16-7-3-6-15(11-16)20-18(23)14-5-4-8-19-12-14;/h3,6-7,11,14,19H,1-2,4-5,8-10,12-13H2,(H,20,23);1H. The molecule has 2 fully saturated rings. The molecule has 1 unspecified atom stereocenters. The summed E-state index contributed by atoms with van der Waals surface area (Å²) in [5, 5.41) is 6.19. The highest BCUT2D eigenvalue weighted by Gasteiger charge is 2.21. The fourth-order valence-corrected chi connectivity index (χ4v) is 3.19. The Morgan fingerprint density at radius 2 is 2.04 bits per heavy atom. The van der Waals surface area contributed by atoms with Gasteiger partial charge in [-0.15, -0.1) is 12.4 Å². The molecule has 3 rings (SSSR count). The van der Waals surface area contributed by atoms with Gasteiger partial charge in [-0.25, -0.2) is 0 Å². The number of likely N-dealkylation sites (tertiary alicyclic amines) is 1. The van der Waals surface area contributed by atoms with E-state index >= 15 is 0 Å². The normalized spacial score (nSPS) is 19.8. The molecule has 138 valence electrons. The Balaban J connectivity index is 0.00000225. The summed E-state index contributed by atoms with van der Waals surface area (Å²) in [5.74, 6) is 0.671. The van der Waals surface area contributed by atoms with Crippen molar-refractivity contribution in [3.8, 4) is 5.75 Å². The van der Waals surface area contributed by atoms with Crippen LogP contribution in [0.2, 0.25) is 0 Å². The number of benzene rings is 1. The fourth-order valence-electron chi connectivity index (χ4n) is 3.19. The lowest BCUT2D eigenvalue weighted by Crippen LogP contribution is -2.37. The predicted octanol–water partition coefficient (Wildman–Crippen LogP) is 2.05. The lowest BCUT2D eigenvalue weighted by molar-refractivity contribution is -0.132. The number of piperidine rings is 1. The monoisotopic (exact) mass is 367 g/mol. The van der Waals surface area contributed by atoms with Crippen molar-refractivity contribution in [3.63, 3.8) is 0 Å². The Bertz CT molecular complexity index is 585. The second-order valence-electron chi connectivity index (χ2n) is 6.44. The van der Waals surface area contributed by atoms with E-state index in [9.17, 15) is 9.59 Å². The van der Waals surface area contributed by atoms with Gasteiger partial charge < -0.3 is 20.3 Å². The molecule has 0 aromatic heterocycles. The van der Waals surface area contributed by atoms with Crippen LogP contribution < -0.4 is 15.4 Å². The molecule has 2 saturated heterocycles. The molecular weight excluding hydrogens is 342 g/mol. The van der Waals surface area contributed by atoms with E-state index in [1.807, 2.05) is 17.0 Å². The third kappa shape index (κ3) is 5.61. The molecule has 1 atom stereocenters. The molecule has 0 radical (unpaired) electrons. The molecule has 0 aliphatic carbocycles. The van der Waals surface area contributed by atoms with Crippen LogP contribution in [0.4, 0.5) is 5.69 Å². The molecule has 0 saturated carbocycles. The van der Waals surface area contributed by atoms with Gasteiger partial charge in [0.05, 0.1) is 5.92 Å². The summed E-state index contributed by atoms with van der Waals surface area (Å²) in [6.45, 7) is 3.41. The van der Waals surface area contributed by atoms with E-state index in [0.29, 0.717) is 11.4 Å². The third-order valence-corrected chi connectivity index (χ3v) is 4.59. The minimum Gasteiger partial charge on any atom is -0.484 e. The van der Waals surface area contributed by atoms with E-state index in [0.717, 1.165) is 51.9 Å². The van der Waals surface area contributed by atoms with Crippen LogP contribution in [0.25, 0.3) is 0 Å². The molecule has 2 amide bonds. The van der Waals surface area contributed by atoms with E-state index in [4.69, 9.17) is 4.74 Å². The third-order valence-electron chi connectivity index (χ3n) is 4.59. The van der Waals surface area contributed by atoms with Crippen molar-refractivity contribution in [2.24, 2.45) is 5.92 Å². The molecule has 25 heavy (non-hydrogen) atoms. The average Bonchev–Trinajstić information content (AvgIpc) is 3.15. The van der Waals surface area contributed by atoms with Crippen molar-refractivity contribution in [3.05, 3.63) is 24.3 Å². The van der Waals surface area contributed by atoms with Gasteiger partial charge in [0.15, 0.2) is 6.61 Å². The van der Waals surface area contributed by atoms with Crippen LogP contribution in [0.5, 0.6) is 5.75 Å². The number of carbonyl (C=O) groups is 2. The van der Waals surface area contributed by atoms with Gasteiger partial charge in [0.1, 0.15) is 5.75 Å². The molecular formula is C18H26ClN3O3. The first-order valence-electron chi connectivity index (χ1n) is 8.74. The van der Waals surface area contributed by atoms with Gasteiger partial charge in [-0.3, -0.25) is 9.59 Å². The molecule has 2 aliphatic rings. The number of nitrogens with zero attached hydrogens (tertiary/aromatic N) is 1. The Morgan fingerprint density at radius 1 is 1.24 bits per heavy atom. The first kappa shape index (κ1) is 19.5. The van der Waals surface area contributed by atoms with Crippen molar-refractivity contribution in [1.29, 1.82) is 0 Å². The van der Waals surface area contributed by atoms with Crippen LogP contribution in [0, 0.1) is 5.92 Å². The van der Waals surface area contributed by atoms with Crippen LogP contribution in [0.15, 0.2) is 24.3 Å². The molecule has 0 spiro atoms. The smallest absolute Gasteiger partial charge is 0.260 e. The molecule has 1 aromatic rings. The van der Waals surface area contributed by atoms with Crippen molar-refractivity contribution in [1.82, 2.24) is 10.2 Å². The summed E-state index contributed by atoms with van der Waals surface area (Å²) in [4.78, 5) is 26.1.